The Morgan fingerprint density at radius 3 is 2.75 bits per heavy atom. The third-order valence-corrected chi connectivity index (χ3v) is 4.01. The summed E-state index contributed by atoms with van der Waals surface area (Å²) in [7, 11) is 1.92. The average Bonchev–Trinajstić information content (AvgIpc) is 2.61. The van der Waals surface area contributed by atoms with Gasteiger partial charge in [-0.15, -0.1) is 0 Å². The Labute approximate surface area is 119 Å². The fourth-order valence-electron chi connectivity index (χ4n) is 2.74. The number of carbonyl (C=O) groups is 1. The van der Waals surface area contributed by atoms with E-state index in [0.717, 1.165) is 36.1 Å². The van der Waals surface area contributed by atoms with Crippen molar-refractivity contribution in [2.45, 2.75) is 33.1 Å². The molecule has 0 radical (unpaired) electrons. The second-order valence-electron chi connectivity index (χ2n) is 5.45. The molecular formula is C15H23N3O2. The Bertz CT molecular complexity index is 515. The quantitative estimate of drug-likeness (QED) is 0.811. The normalized spacial score (nSPS) is 15.6. The first-order valence-corrected chi connectivity index (χ1v) is 7.22. The predicted molar refractivity (Wildman–Crippen MR) is 79.8 cm³/mol. The second-order valence-corrected chi connectivity index (χ2v) is 5.45. The van der Waals surface area contributed by atoms with Crippen LogP contribution in [-0.4, -0.2) is 33.9 Å². The highest BCUT2D eigenvalue weighted by Gasteiger charge is 2.23. The molecule has 0 aromatic carbocycles. The van der Waals surface area contributed by atoms with E-state index in [1.54, 1.807) is 6.08 Å². The van der Waals surface area contributed by atoms with E-state index in [0.29, 0.717) is 0 Å². The van der Waals surface area contributed by atoms with Gasteiger partial charge in [-0.05, 0) is 38.7 Å². The number of carboxylic acid groups (broad SMARTS) is 1. The molecule has 1 N–H and O–H groups in total. The zero-order chi connectivity index (χ0) is 14.7. The van der Waals surface area contributed by atoms with Crippen molar-refractivity contribution in [2.75, 3.05) is 18.0 Å². The lowest BCUT2D eigenvalue weighted by Crippen LogP contribution is -2.34. The fraction of sp³-hybridized carbons (Fsp3) is 0.600. The topological polar surface area (TPSA) is 58.4 Å². The van der Waals surface area contributed by atoms with Crippen molar-refractivity contribution >= 4 is 17.9 Å². The molecule has 0 atom stereocenters. The molecule has 1 aromatic heterocycles. The molecule has 2 rings (SSSR count). The molecule has 0 amide bonds. The largest absolute Gasteiger partial charge is 0.478 e. The van der Waals surface area contributed by atoms with Crippen molar-refractivity contribution in [3.8, 4) is 0 Å². The van der Waals surface area contributed by atoms with Crippen LogP contribution in [0.2, 0.25) is 0 Å². The molecule has 0 aliphatic heterocycles. The van der Waals surface area contributed by atoms with Crippen molar-refractivity contribution in [1.29, 1.82) is 0 Å². The van der Waals surface area contributed by atoms with Crippen molar-refractivity contribution in [2.24, 2.45) is 13.0 Å². The van der Waals surface area contributed by atoms with Gasteiger partial charge in [-0.1, -0.05) is 6.42 Å². The monoisotopic (exact) mass is 277 g/mol. The van der Waals surface area contributed by atoms with E-state index in [2.05, 4.69) is 16.9 Å². The Hall–Kier alpha value is -1.78. The van der Waals surface area contributed by atoms with Crippen LogP contribution in [0.1, 0.15) is 37.4 Å². The van der Waals surface area contributed by atoms with Gasteiger partial charge in [0.1, 0.15) is 5.82 Å². The number of aromatic nitrogens is 2. The minimum absolute atomic E-state index is 0.765. The van der Waals surface area contributed by atoms with Crippen molar-refractivity contribution in [1.82, 2.24) is 9.78 Å². The van der Waals surface area contributed by atoms with E-state index in [9.17, 15) is 4.79 Å². The average molecular weight is 277 g/mol. The third kappa shape index (κ3) is 3.03. The summed E-state index contributed by atoms with van der Waals surface area (Å²) in [6, 6.07) is 0. The molecule has 0 spiro atoms. The van der Waals surface area contributed by atoms with Crippen LogP contribution >= 0.6 is 0 Å². The highest BCUT2D eigenvalue weighted by Crippen LogP contribution is 2.31. The molecule has 5 heteroatoms. The van der Waals surface area contributed by atoms with E-state index in [1.807, 2.05) is 18.7 Å². The Balaban J connectivity index is 2.29. The molecule has 1 aliphatic carbocycles. The zero-order valence-corrected chi connectivity index (χ0v) is 12.5. The standard InChI is InChI=1S/C15H23N3O2/c1-4-18(10-12-6-5-7-12)15-13(8-9-14(19)20)11(2)16-17(15)3/h8-9,12H,4-7,10H2,1-3H3,(H,19,20)/b9-8+. The van der Waals surface area contributed by atoms with Crippen LogP contribution in [-0.2, 0) is 11.8 Å². The smallest absolute Gasteiger partial charge is 0.328 e. The number of nitrogens with zero attached hydrogens (tertiary/aromatic N) is 3. The zero-order valence-electron chi connectivity index (χ0n) is 12.5. The maximum atomic E-state index is 10.7. The maximum absolute atomic E-state index is 10.7. The first-order valence-electron chi connectivity index (χ1n) is 7.22. The first-order chi connectivity index (χ1) is 9.52. The number of hydrogen-bond donors (Lipinski definition) is 1. The van der Waals surface area contributed by atoms with Crippen LogP contribution in [0.4, 0.5) is 5.82 Å². The SMILES string of the molecule is CCN(CC1CCC1)c1c(/C=C/C(=O)O)c(C)nn1C. The number of rotatable bonds is 6. The van der Waals surface area contributed by atoms with Gasteiger partial charge < -0.3 is 10.0 Å². The van der Waals surface area contributed by atoms with Crippen LogP contribution in [0.5, 0.6) is 0 Å². The van der Waals surface area contributed by atoms with E-state index in [4.69, 9.17) is 5.11 Å². The van der Waals surface area contributed by atoms with Crippen LogP contribution < -0.4 is 4.90 Å². The Morgan fingerprint density at radius 2 is 2.25 bits per heavy atom. The van der Waals surface area contributed by atoms with E-state index < -0.39 is 5.97 Å². The first kappa shape index (κ1) is 14.6. The van der Waals surface area contributed by atoms with Crippen molar-refractivity contribution < 1.29 is 9.90 Å². The minimum Gasteiger partial charge on any atom is -0.478 e. The summed E-state index contributed by atoms with van der Waals surface area (Å²) < 4.78 is 1.86. The summed E-state index contributed by atoms with van der Waals surface area (Å²) in [6.07, 6.45) is 6.77. The predicted octanol–water partition coefficient (Wildman–Crippen LogP) is 2.45. The molecule has 5 nitrogen and oxygen atoms in total. The summed E-state index contributed by atoms with van der Waals surface area (Å²) in [4.78, 5) is 13.1. The van der Waals surface area contributed by atoms with Gasteiger partial charge in [0.2, 0.25) is 0 Å². The van der Waals surface area contributed by atoms with Crippen LogP contribution in [0.15, 0.2) is 6.08 Å². The number of aliphatic carboxylic acids is 1. The van der Waals surface area contributed by atoms with Gasteiger partial charge in [0.05, 0.1) is 5.69 Å². The number of anilines is 1. The van der Waals surface area contributed by atoms with Crippen molar-refractivity contribution in [3.63, 3.8) is 0 Å². The molecule has 0 saturated heterocycles. The van der Waals surface area contributed by atoms with Gasteiger partial charge in [-0.3, -0.25) is 4.68 Å². The highest BCUT2D eigenvalue weighted by molar-refractivity contribution is 5.87. The lowest BCUT2D eigenvalue weighted by atomic mass is 9.85. The fourth-order valence-corrected chi connectivity index (χ4v) is 2.74. The molecule has 110 valence electrons. The van der Waals surface area contributed by atoms with E-state index in [1.165, 1.54) is 25.3 Å². The summed E-state index contributed by atoms with van der Waals surface area (Å²) in [5.74, 6) is 0.858. The molecular weight excluding hydrogens is 254 g/mol. The number of carboxylic acids is 1. The molecule has 0 bridgehead atoms. The highest BCUT2D eigenvalue weighted by atomic mass is 16.4. The summed E-state index contributed by atoms with van der Waals surface area (Å²) in [5.41, 5.74) is 1.78. The lowest BCUT2D eigenvalue weighted by Gasteiger charge is -2.33. The van der Waals surface area contributed by atoms with Crippen LogP contribution in [0.3, 0.4) is 0 Å². The van der Waals surface area contributed by atoms with Gasteiger partial charge in [0, 0.05) is 31.8 Å². The summed E-state index contributed by atoms with van der Waals surface area (Å²) >= 11 is 0. The lowest BCUT2D eigenvalue weighted by molar-refractivity contribution is -0.131. The Kier molecular flexibility index (Phi) is 4.47. The molecule has 0 unspecified atom stereocenters. The molecule has 1 saturated carbocycles. The Morgan fingerprint density at radius 1 is 1.55 bits per heavy atom. The van der Waals surface area contributed by atoms with Gasteiger partial charge in [0.25, 0.3) is 0 Å². The molecule has 1 aliphatic rings. The van der Waals surface area contributed by atoms with Crippen LogP contribution in [0, 0.1) is 12.8 Å². The summed E-state index contributed by atoms with van der Waals surface area (Å²) in [6.45, 7) is 5.99. The molecule has 1 heterocycles. The molecule has 1 aromatic rings. The second kappa shape index (κ2) is 6.11. The molecule has 1 fully saturated rings. The number of hydrogen-bond acceptors (Lipinski definition) is 3. The van der Waals surface area contributed by atoms with Crippen LogP contribution in [0.25, 0.3) is 6.08 Å². The van der Waals surface area contributed by atoms with E-state index in [-0.39, 0.29) is 0 Å². The van der Waals surface area contributed by atoms with Crippen molar-refractivity contribution in [3.05, 3.63) is 17.3 Å². The maximum Gasteiger partial charge on any atom is 0.328 e. The summed E-state index contributed by atoms with van der Waals surface area (Å²) in [5, 5.41) is 13.3. The van der Waals surface area contributed by atoms with Gasteiger partial charge in [0.15, 0.2) is 0 Å². The van der Waals surface area contributed by atoms with Gasteiger partial charge >= 0.3 is 5.97 Å². The van der Waals surface area contributed by atoms with E-state index >= 15 is 0 Å². The van der Waals surface area contributed by atoms with Gasteiger partial charge in [-0.25, -0.2) is 4.79 Å². The third-order valence-electron chi connectivity index (χ3n) is 4.01. The minimum atomic E-state index is -0.929. The number of aryl methyl sites for hydroxylation is 2. The molecule has 20 heavy (non-hydrogen) atoms. The van der Waals surface area contributed by atoms with Gasteiger partial charge in [-0.2, -0.15) is 5.10 Å².